The van der Waals surface area contributed by atoms with Crippen molar-refractivity contribution in [1.29, 1.82) is 0 Å². The normalized spacial score (nSPS) is 14.3. The van der Waals surface area contributed by atoms with Gasteiger partial charge in [0, 0.05) is 6.07 Å². The summed E-state index contributed by atoms with van der Waals surface area (Å²) in [4.78, 5) is 11.6. The van der Waals surface area contributed by atoms with Gasteiger partial charge in [0.15, 0.2) is 0 Å². The zero-order valence-corrected chi connectivity index (χ0v) is 10.4. The summed E-state index contributed by atoms with van der Waals surface area (Å²) in [5.74, 6) is 1.14. The number of anilines is 1. The van der Waals surface area contributed by atoms with Crippen LogP contribution in [0, 0.1) is 5.92 Å². The molecular weight excluding hydrogens is 232 g/mol. The Morgan fingerprint density at radius 2 is 2.28 bits per heavy atom. The number of carbonyl (C=O) groups excluding carboxylic acids is 1. The van der Waals surface area contributed by atoms with Gasteiger partial charge in [0.2, 0.25) is 5.91 Å². The highest BCUT2D eigenvalue weighted by Crippen LogP contribution is 2.28. The van der Waals surface area contributed by atoms with E-state index < -0.39 is 0 Å². The van der Waals surface area contributed by atoms with E-state index in [0.717, 1.165) is 12.5 Å². The zero-order chi connectivity index (χ0) is 13.0. The molecule has 0 aliphatic heterocycles. The molecule has 18 heavy (non-hydrogen) atoms. The molecule has 0 unspecified atom stereocenters. The third kappa shape index (κ3) is 3.63. The molecule has 0 radical (unpaired) electrons. The lowest BCUT2D eigenvalue weighted by atomic mass is 10.2. The summed E-state index contributed by atoms with van der Waals surface area (Å²) < 4.78 is 4.97. The van der Waals surface area contributed by atoms with Crippen molar-refractivity contribution in [3.8, 4) is 11.5 Å². The van der Waals surface area contributed by atoms with Crippen molar-refractivity contribution < 1.29 is 14.6 Å². The van der Waals surface area contributed by atoms with Crippen molar-refractivity contribution >= 4 is 11.6 Å². The number of nitrogens with one attached hydrogen (secondary N) is 2. The number of phenols is 1. The molecule has 0 saturated heterocycles. The topological polar surface area (TPSA) is 70.6 Å². The van der Waals surface area contributed by atoms with E-state index in [1.165, 1.54) is 26.0 Å². The van der Waals surface area contributed by atoms with Crippen LogP contribution in [0.3, 0.4) is 0 Å². The molecule has 5 nitrogen and oxygen atoms in total. The van der Waals surface area contributed by atoms with Gasteiger partial charge in [-0.3, -0.25) is 4.79 Å². The quantitative estimate of drug-likeness (QED) is 0.666. The maximum Gasteiger partial charge on any atom is 0.238 e. The molecule has 2 rings (SSSR count). The Kier molecular flexibility index (Phi) is 4.04. The number of rotatable bonds is 6. The van der Waals surface area contributed by atoms with Crippen molar-refractivity contribution in [2.24, 2.45) is 5.92 Å². The van der Waals surface area contributed by atoms with E-state index in [0.29, 0.717) is 11.4 Å². The Bertz CT molecular complexity index is 430. The summed E-state index contributed by atoms with van der Waals surface area (Å²) in [6.45, 7) is 1.16. The molecule has 1 aromatic rings. The van der Waals surface area contributed by atoms with Crippen LogP contribution in [0.4, 0.5) is 5.69 Å². The molecule has 1 aromatic carbocycles. The SMILES string of the molecule is COc1ccc(NC(=O)CNCC2CC2)c(O)c1. The van der Waals surface area contributed by atoms with Crippen LogP contribution in [-0.2, 0) is 4.79 Å². The van der Waals surface area contributed by atoms with Crippen LogP contribution in [0.1, 0.15) is 12.8 Å². The maximum absolute atomic E-state index is 11.6. The van der Waals surface area contributed by atoms with Crippen molar-refractivity contribution in [3.05, 3.63) is 18.2 Å². The second kappa shape index (κ2) is 5.73. The van der Waals surface area contributed by atoms with E-state index >= 15 is 0 Å². The van der Waals surface area contributed by atoms with Crippen LogP contribution in [0.5, 0.6) is 11.5 Å². The van der Waals surface area contributed by atoms with Gasteiger partial charge in [0.25, 0.3) is 0 Å². The Morgan fingerprint density at radius 3 is 2.89 bits per heavy atom. The van der Waals surface area contributed by atoms with Crippen LogP contribution in [0.25, 0.3) is 0 Å². The summed E-state index contributed by atoms with van der Waals surface area (Å²) >= 11 is 0. The smallest absolute Gasteiger partial charge is 0.238 e. The first-order valence-corrected chi connectivity index (χ1v) is 6.06. The second-order valence-corrected chi connectivity index (χ2v) is 4.51. The molecule has 0 spiro atoms. The number of hydrogen-bond donors (Lipinski definition) is 3. The molecule has 5 heteroatoms. The van der Waals surface area contributed by atoms with E-state index in [1.807, 2.05) is 0 Å². The van der Waals surface area contributed by atoms with Crippen molar-refractivity contribution in [2.75, 3.05) is 25.5 Å². The van der Waals surface area contributed by atoms with Gasteiger partial charge in [-0.15, -0.1) is 0 Å². The highest BCUT2D eigenvalue weighted by molar-refractivity contribution is 5.93. The Labute approximate surface area is 106 Å². The molecule has 0 heterocycles. The van der Waals surface area contributed by atoms with Gasteiger partial charge in [-0.05, 0) is 37.4 Å². The molecule has 98 valence electrons. The number of phenolic OH excluding ortho intramolecular Hbond substituents is 1. The van der Waals surface area contributed by atoms with E-state index in [4.69, 9.17) is 4.74 Å². The van der Waals surface area contributed by atoms with Gasteiger partial charge in [0.1, 0.15) is 11.5 Å². The summed E-state index contributed by atoms with van der Waals surface area (Å²) in [5, 5.41) is 15.4. The fourth-order valence-corrected chi connectivity index (χ4v) is 1.65. The molecule has 1 fully saturated rings. The largest absolute Gasteiger partial charge is 0.506 e. The van der Waals surface area contributed by atoms with Crippen molar-refractivity contribution in [2.45, 2.75) is 12.8 Å². The average Bonchev–Trinajstić information content (AvgIpc) is 3.16. The molecule has 1 amide bonds. The second-order valence-electron chi connectivity index (χ2n) is 4.51. The van der Waals surface area contributed by atoms with Gasteiger partial charge >= 0.3 is 0 Å². The average molecular weight is 250 g/mol. The highest BCUT2D eigenvalue weighted by atomic mass is 16.5. The van der Waals surface area contributed by atoms with E-state index in [1.54, 1.807) is 12.1 Å². The first-order valence-electron chi connectivity index (χ1n) is 6.06. The lowest BCUT2D eigenvalue weighted by molar-refractivity contribution is -0.115. The molecule has 3 N–H and O–H groups in total. The predicted octanol–water partition coefficient (Wildman–Crippen LogP) is 1.34. The summed E-state index contributed by atoms with van der Waals surface area (Å²) in [6.07, 6.45) is 2.52. The lowest BCUT2D eigenvalue weighted by Crippen LogP contribution is -2.29. The lowest BCUT2D eigenvalue weighted by Gasteiger charge is -2.09. The minimum Gasteiger partial charge on any atom is -0.506 e. The van der Waals surface area contributed by atoms with Crippen molar-refractivity contribution in [1.82, 2.24) is 5.32 Å². The fourth-order valence-electron chi connectivity index (χ4n) is 1.65. The number of methoxy groups -OCH3 is 1. The molecule has 0 bridgehead atoms. The summed E-state index contributed by atoms with van der Waals surface area (Å²) in [6, 6.07) is 4.77. The number of amides is 1. The minimum atomic E-state index is -0.156. The third-order valence-corrected chi connectivity index (χ3v) is 2.89. The van der Waals surface area contributed by atoms with Gasteiger partial charge in [0.05, 0.1) is 19.3 Å². The number of ether oxygens (including phenoxy) is 1. The van der Waals surface area contributed by atoms with Crippen molar-refractivity contribution in [3.63, 3.8) is 0 Å². The number of benzene rings is 1. The Hall–Kier alpha value is -1.75. The van der Waals surface area contributed by atoms with Gasteiger partial charge in [-0.25, -0.2) is 0 Å². The molecule has 1 aliphatic carbocycles. The first-order chi connectivity index (χ1) is 8.69. The monoisotopic (exact) mass is 250 g/mol. The van der Waals surface area contributed by atoms with Crippen LogP contribution in [0.2, 0.25) is 0 Å². The fraction of sp³-hybridized carbons (Fsp3) is 0.462. The molecule has 1 saturated carbocycles. The van der Waals surface area contributed by atoms with E-state index in [2.05, 4.69) is 10.6 Å². The number of carbonyl (C=O) groups is 1. The standard InChI is InChI=1S/C13H18N2O3/c1-18-10-4-5-11(12(16)6-10)15-13(17)8-14-7-9-2-3-9/h4-6,9,14,16H,2-3,7-8H2,1H3,(H,15,17). The molecule has 1 aliphatic rings. The number of aromatic hydroxyl groups is 1. The van der Waals surface area contributed by atoms with Crippen LogP contribution in [0.15, 0.2) is 18.2 Å². The van der Waals surface area contributed by atoms with Crippen LogP contribution >= 0.6 is 0 Å². The summed E-state index contributed by atoms with van der Waals surface area (Å²) in [5.41, 5.74) is 0.397. The van der Waals surface area contributed by atoms with Crippen LogP contribution < -0.4 is 15.4 Å². The minimum absolute atomic E-state index is 0.00453. The number of hydrogen-bond acceptors (Lipinski definition) is 4. The molecule has 0 atom stereocenters. The Balaban J connectivity index is 1.81. The van der Waals surface area contributed by atoms with Gasteiger partial charge < -0.3 is 20.5 Å². The molecule has 0 aromatic heterocycles. The highest BCUT2D eigenvalue weighted by Gasteiger charge is 2.20. The van der Waals surface area contributed by atoms with Crippen LogP contribution in [-0.4, -0.2) is 31.2 Å². The van der Waals surface area contributed by atoms with Gasteiger partial charge in [-0.2, -0.15) is 0 Å². The summed E-state index contributed by atoms with van der Waals surface area (Å²) in [7, 11) is 1.52. The third-order valence-electron chi connectivity index (χ3n) is 2.89. The van der Waals surface area contributed by atoms with E-state index in [9.17, 15) is 9.90 Å². The first kappa shape index (κ1) is 12.7. The predicted molar refractivity (Wildman–Crippen MR) is 68.9 cm³/mol. The molecular formula is C13H18N2O3. The maximum atomic E-state index is 11.6. The Morgan fingerprint density at radius 1 is 1.50 bits per heavy atom. The zero-order valence-electron chi connectivity index (χ0n) is 10.4. The van der Waals surface area contributed by atoms with E-state index in [-0.39, 0.29) is 18.2 Å². The van der Waals surface area contributed by atoms with Gasteiger partial charge in [-0.1, -0.05) is 0 Å².